The summed E-state index contributed by atoms with van der Waals surface area (Å²) < 4.78 is 0. The van der Waals surface area contributed by atoms with Crippen LogP contribution in [0.2, 0.25) is 0 Å². The van der Waals surface area contributed by atoms with Crippen LogP contribution >= 0.6 is 7.26 Å². The van der Waals surface area contributed by atoms with Gasteiger partial charge < -0.3 is 0 Å². The molecule has 0 rings (SSSR count). The van der Waals surface area contributed by atoms with Crippen molar-refractivity contribution in [1.29, 1.82) is 0 Å². The summed E-state index contributed by atoms with van der Waals surface area (Å²) >= 11 is 0. The fourth-order valence-electron chi connectivity index (χ4n) is 1.53. The predicted octanol–water partition coefficient (Wildman–Crippen LogP) is 2.18. The van der Waals surface area contributed by atoms with Crippen LogP contribution in [0.25, 0.3) is 0 Å². The topological polar surface area (TPSA) is 29.1 Å². The summed E-state index contributed by atoms with van der Waals surface area (Å²) in [4.78, 5) is 11.8. The van der Waals surface area contributed by atoms with E-state index in [-0.39, 0.29) is 16.5 Å². The van der Waals surface area contributed by atoms with E-state index < -0.39 is 7.26 Å². The average molecular weight is 219 g/mol. The third-order valence-electron chi connectivity index (χ3n) is 4.23. The molecule has 0 aromatic heterocycles. The first-order valence-electron chi connectivity index (χ1n) is 5.20. The van der Waals surface area contributed by atoms with E-state index in [1.165, 1.54) is 0 Å². The van der Waals surface area contributed by atoms with Crippen LogP contribution in [0.5, 0.6) is 0 Å². The van der Waals surface area contributed by atoms with Crippen molar-refractivity contribution in [3.05, 3.63) is 0 Å². The van der Waals surface area contributed by atoms with Crippen molar-refractivity contribution < 1.29 is 4.79 Å². The van der Waals surface area contributed by atoms with E-state index in [0.717, 1.165) is 0 Å². The molecule has 0 unspecified atom stereocenters. The maximum absolute atomic E-state index is 11.8. The van der Waals surface area contributed by atoms with Crippen LogP contribution in [0.3, 0.4) is 0 Å². The number of carbonyl (C=O) groups excluding carboxylic acids is 1. The summed E-state index contributed by atoms with van der Waals surface area (Å²) in [7, 11) is 0.353. The van der Waals surface area contributed by atoms with Gasteiger partial charge in [-0.2, -0.15) is 0 Å². The molecule has 2 nitrogen and oxygen atoms in total. The van der Waals surface area contributed by atoms with Crippen LogP contribution in [0.15, 0.2) is 0 Å². The molecule has 0 aromatic carbocycles. The Morgan fingerprint density at radius 1 is 1.07 bits per heavy atom. The monoisotopic (exact) mass is 219 g/mol. The van der Waals surface area contributed by atoms with Crippen LogP contribution in [0.4, 0.5) is 0 Å². The van der Waals surface area contributed by atoms with Crippen molar-refractivity contribution >= 4 is 13.2 Å². The van der Waals surface area contributed by atoms with E-state index in [9.17, 15) is 4.79 Å². The van der Waals surface area contributed by atoms with Gasteiger partial charge in [-0.25, -0.2) is 0 Å². The van der Waals surface area contributed by atoms with Crippen LogP contribution in [-0.4, -0.2) is 38.1 Å². The van der Waals surface area contributed by atoms with Crippen LogP contribution < -0.4 is 5.32 Å². The summed E-state index contributed by atoms with van der Waals surface area (Å²) in [6.45, 7) is 15.5. The third-order valence-corrected chi connectivity index (χ3v) is 8.61. The first-order valence-corrected chi connectivity index (χ1v) is 8.70. The zero-order valence-corrected chi connectivity index (χ0v) is 11.9. The Morgan fingerprint density at radius 2 is 1.43 bits per heavy atom. The Hall–Kier alpha value is -0.100. The second-order valence-corrected chi connectivity index (χ2v) is 11.8. The molecule has 0 heterocycles. The molecule has 0 aromatic rings. The van der Waals surface area contributed by atoms with Gasteiger partial charge in [-0.3, -0.25) is 0 Å². The molecule has 0 fully saturated rings. The van der Waals surface area contributed by atoms with Gasteiger partial charge in [-0.1, -0.05) is 0 Å². The molecule has 0 saturated carbocycles. The Bertz CT molecular complexity index is 226. The molecule has 0 atom stereocenters. The van der Waals surface area contributed by atoms with E-state index in [4.69, 9.17) is 0 Å². The molecule has 0 bridgehead atoms. The van der Waals surface area contributed by atoms with E-state index in [1.807, 2.05) is 13.8 Å². The Kier molecular flexibility index (Phi) is 3.78. The van der Waals surface area contributed by atoms with E-state index in [1.54, 1.807) is 7.05 Å². The van der Waals surface area contributed by atoms with Gasteiger partial charge in [0, 0.05) is 0 Å². The molecule has 86 valence electrons. The quantitative estimate of drug-likeness (QED) is 0.724. The van der Waals surface area contributed by atoms with E-state index in [2.05, 4.69) is 39.2 Å². The Balaban J connectivity index is 5.18. The molecule has 0 aliphatic rings. The average Bonchev–Trinajstić information content (AvgIpc) is 2.00. The summed E-state index contributed by atoms with van der Waals surface area (Å²) in [5.41, 5.74) is -0.299. The summed E-state index contributed by atoms with van der Waals surface area (Å²) in [6, 6.07) is 0. The van der Waals surface area contributed by atoms with Gasteiger partial charge in [-0.15, -0.1) is 0 Å². The van der Waals surface area contributed by atoms with Crippen LogP contribution in [0, 0.1) is 5.41 Å². The van der Waals surface area contributed by atoms with Crippen molar-refractivity contribution in [2.24, 2.45) is 5.41 Å². The molecule has 0 saturated heterocycles. The zero-order valence-electron chi connectivity index (χ0n) is 10.9. The molecule has 0 aliphatic heterocycles. The van der Waals surface area contributed by atoms with Gasteiger partial charge in [0.2, 0.25) is 0 Å². The first-order chi connectivity index (χ1) is 5.98. The summed E-state index contributed by atoms with van der Waals surface area (Å²) in [5, 5.41) is 2.85. The van der Waals surface area contributed by atoms with E-state index >= 15 is 0 Å². The second kappa shape index (κ2) is 3.81. The number of nitrogens with one attached hydrogen (secondary N) is 1. The fourth-order valence-corrected chi connectivity index (χ4v) is 3.52. The van der Waals surface area contributed by atoms with Crippen molar-refractivity contribution in [3.8, 4) is 0 Å². The SMILES string of the molecule is CNC(=O)C(C)(C)C(C)(C)[PH](C)(C)C. The second-order valence-electron chi connectivity index (χ2n) is 6.08. The van der Waals surface area contributed by atoms with Gasteiger partial charge in [0.1, 0.15) is 0 Å². The predicted molar refractivity (Wildman–Crippen MR) is 68.0 cm³/mol. The summed E-state index contributed by atoms with van der Waals surface area (Å²) in [5.74, 6) is 0.143. The Morgan fingerprint density at radius 3 is 1.64 bits per heavy atom. The van der Waals surface area contributed by atoms with Crippen LogP contribution in [0.1, 0.15) is 27.7 Å². The van der Waals surface area contributed by atoms with Crippen LogP contribution in [-0.2, 0) is 4.79 Å². The number of hydrogen-bond donors (Lipinski definition) is 1. The molecule has 3 heteroatoms. The molecular weight excluding hydrogens is 193 g/mol. The molecule has 0 radical (unpaired) electrons. The van der Waals surface area contributed by atoms with Gasteiger partial charge in [0.05, 0.1) is 0 Å². The van der Waals surface area contributed by atoms with Crippen molar-refractivity contribution in [1.82, 2.24) is 5.32 Å². The molecule has 14 heavy (non-hydrogen) atoms. The third kappa shape index (κ3) is 2.11. The maximum atomic E-state index is 11.8. The summed E-state index contributed by atoms with van der Waals surface area (Å²) in [6.07, 6.45) is 0. The minimum atomic E-state index is -1.36. The van der Waals surface area contributed by atoms with Crippen molar-refractivity contribution in [3.63, 3.8) is 0 Å². The number of hydrogen-bond acceptors (Lipinski definition) is 1. The molecule has 0 aliphatic carbocycles. The molecule has 1 N–H and O–H groups in total. The number of rotatable bonds is 3. The first kappa shape index (κ1) is 13.9. The van der Waals surface area contributed by atoms with Gasteiger partial charge in [0.25, 0.3) is 0 Å². The van der Waals surface area contributed by atoms with Crippen molar-refractivity contribution in [2.75, 3.05) is 27.0 Å². The zero-order chi connectivity index (χ0) is 11.8. The van der Waals surface area contributed by atoms with Gasteiger partial charge in [0.15, 0.2) is 0 Å². The standard InChI is InChI=1S/C11H26NOP/c1-10(2,9(13)12-5)11(3,4)14(6,7)8/h14H,1-8H3,(H,12,13). The van der Waals surface area contributed by atoms with E-state index in [0.29, 0.717) is 0 Å². The minimum absolute atomic E-state index is 0.0834. The molecule has 1 amide bonds. The molecular formula is C11H26NOP. The molecule has 0 spiro atoms. The fraction of sp³-hybridized carbons (Fsp3) is 0.909. The normalized spacial score (nSPS) is 15.1. The number of amides is 1. The Labute approximate surface area is 89.2 Å². The number of carbonyl (C=O) groups is 1. The van der Waals surface area contributed by atoms with Gasteiger partial charge in [-0.05, 0) is 0 Å². The van der Waals surface area contributed by atoms with Gasteiger partial charge >= 0.3 is 88.6 Å². The van der Waals surface area contributed by atoms with Crippen molar-refractivity contribution in [2.45, 2.75) is 32.9 Å².